The van der Waals surface area contributed by atoms with Crippen LogP contribution in [-0.2, 0) is 4.74 Å². The fourth-order valence-electron chi connectivity index (χ4n) is 2.08. The van der Waals surface area contributed by atoms with Crippen molar-refractivity contribution < 1.29 is 9.53 Å². The Bertz CT molecular complexity index is 433. The number of benzene rings is 1. The van der Waals surface area contributed by atoms with Crippen molar-refractivity contribution in [2.75, 3.05) is 18.9 Å². The first kappa shape index (κ1) is 13.7. The van der Waals surface area contributed by atoms with Crippen molar-refractivity contribution in [3.63, 3.8) is 0 Å². The summed E-state index contributed by atoms with van der Waals surface area (Å²) in [6, 6.07) is 3.18. The Morgan fingerprint density at radius 2 is 1.83 bits per heavy atom. The summed E-state index contributed by atoms with van der Waals surface area (Å²) in [5.74, 6) is 0.451. The minimum Gasteiger partial charge on any atom is -0.396 e. The average molecular weight is 288 g/mol. The third-order valence-corrected chi connectivity index (χ3v) is 3.84. The maximum absolute atomic E-state index is 12.1. The molecule has 1 fully saturated rings. The van der Waals surface area contributed by atoms with E-state index in [1.807, 2.05) is 0 Å². The first-order valence-corrected chi connectivity index (χ1v) is 6.69. The van der Waals surface area contributed by atoms with E-state index < -0.39 is 0 Å². The molecule has 1 aliphatic heterocycles. The van der Waals surface area contributed by atoms with E-state index in [0.29, 0.717) is 33.6 Å². The number of carbonyl (C=O) groups is 1. The molecule has 1 aromatic carbocycles. The minimum absolute atomic E-state index is 0.0608. The van der Waals surface area contributed by atoms with Crippen molar-refractivity contribution in [3.8, 4) is 0 Å². The number of nitrogens with two attached hydrogens (primary N) is 1. The van der Waals surface area contributed by atoms with Gasteiger partial charge in [-0.15, -0.1) is 0 Å². The van der Waals surface area contributed by atoms with Crippen molar-refractivity contribution in [1.29, 1.82) is 0 Å². The molecular weight excluding hydrogens is 273 g/mol. The summed E-state index contributed by atoms with van der Waals surface area (Å²) < 4.78 is 5.27. The van der Waals surface area contributed by atoms with Crippen molar-refractivity contribution >= 4 is 34.7 Å². The van der Waals surface area contributed by atoms with Crippen molar-refractivity contribution in [3.05, 3.63) is 27.7 Å². The molecule has 1 aliphatic rings. The molecule has 98 valence electrons. The van der Waals surface area contributed by atoms with E-state index in [9.17, 15) is 4.79 Å². The molecule has 0 amide bonds. The zero-order chi connectivity index (χ0) is 13.1. The molecule has 18 heavy (non-hydrogen) atoms. The highest BCUT2D eigenvalue weighted by atomic mass is 35.5. The number of nitrogen functional groups attached to an aromatic ring is 1. The summed E-state index contributed by atoms with van der Waals surface area (Å²) >= 11 is 11.8. The number of ketones is 1. The maximum atomic E-state index is 12.1. The summed E-state index contributed by atoms with van der Waals surface area (Å²) in [4.78, 5) is 12.1. The van der Waals surface area contributed by atoms with Crippen molar-refractivity contribution in [2.24, 2.45) is 5.92 Å². The van der Waals surface area contributed by atoms with Crippen LogP contribution in [0.1, 0.15) is 29.6 Å². The van der Waals surface area contributed by atoms with E-state index in [2.05, 4.69) is 0 Å². The lowest BCUT2D eigenvalue weighted by Gasteiger charge is -2.21. The van der Waals surface area contributed by atoms with Crippen LogP contribution >= 0.6 is 23.2 Å². The number of ether oxygens (including phenoxy) is 1. The Balaban J connectivity index is 2.08. The number of halogens is 2. The second kappa shape index (κ2) is 5.91. The van der Waals surface area contributed by atoms with Crippen LogP contribution in [0.4, 0.5) is 5.69 Å². The second-order valence-electron chi connectivity index (χ2n) is 4.54. The van der Waals surface area contributed by atoms with Gasteiger partial charge in [0.15, 0.2) is 5.78 Å². The summed E-state index contributed by atoms with van der Waals surface area (Å²) in [6.07, 6.45) is 2.38. The maximum Gasteiger partial charge on any atom is 0.163 e. The predicted octanol–water partition coefficient (Wildman–Crippen LogP) is 3.58. The fraction of sp³-hybridized carbons (Fsp3) is 0.462. The van der Waals surface area contributed by atoms with Crippen LogP contribution in [0.2, 0.25) is 10.0 Å². The first-order chi connectivity index (χ1) is 8.58. The molecule has 0 saturated carbocycles. The van der Waals surface area contributed by atoms with E-state index in [-0.39, 0.29) is 5.78 Å². The Kier molecular flexibility index (Phi) is 4.49. The van der Waals surface area contributed by atoms with Gasteiger partial charge in [-0.1, -0.05) is 23.2 Å². The number of hydrogen-bond acceptors (Lipinski definition) is 3. The third kappa shape index (κ3) is 3.16. The first-order valence-electron chi connectivity index (χ1n) is 5.93. The monoisotopic (exact) mass is 287 g/mol. The zero-order valence-electron chi connectivity index (χ0n) is 9.92. The molecule has 0 aromatic heterocycles. The quantitative estimate of drug-likeness (QED) is 0.683. The van der Waals surface area contributed by atoms with Crippen LogP contribution in [0.15, 0.2) is 12.1 Å². The minimum atomic E-state index is 0.0608. The van der Waals surface area contributed by atoms with Crippen molar-refractivity contribution in [1.82, 2.24) is 0 Å². The Morgan fingerprint density at radius 1 is 1.28 bits per heavy atom. The summed E-state index contributed by atoms with van der Waals surface area (Å²) in [5.41, 5.74) is 6.50. The van der Waals surface area contributed by atoms with E-state index in [1.165, 1.54) is 0 Å². The number of hydrogen-bond donors (Lipinski definition) is 1. The molecule has 1 aromatic rings. The Morgan fingerprint density at radius 3 is 2.39 bits per heavy atom. The van der Waals surface area contributed by atoms with Gasteiger partial charge in [-0.3, -0.25) is 4.79 Å². The van der Waals surface area contributed by atoms with E-state index in [0.717, 1.165) is 26.1 Å². The van der Waals surface area contributed by atoms with Crippen LogP contribution in [0, 0.1) is 5.92 Å². The van der Waals surface area contributed by atoms with Crippen LogP contribution in [0.5, 0.6) is 0 Å². The highest BCUT2D eigenvalue weighted by Gasteiger charge is 2.19. The normalized spacial score (nSPS) is 16.8. The Labute approximate surface area is 116 Å². The number of rotatable bonds is 3. The number of carbonyl (C=O) groups excluding carboxylic acids is 1. The van der Waals surface area contributed by atoms with E-state index in [1.54, 1.807) is 12.1 Å². The van der Waals surface area contributed by atoms with Crippen LogP contribution in [0.3, 0.4) is 0 Å². The zero-order valence-corrected chi connectivity index (χ0v) is 11.4. The van der Waals surface area contributed by atoms with Gasteiger partial charge >= 0.3 is 0 Å². The van der Waals surface area contributed by atoms with Gasteiger partial charge in [0.05, 0.1) is 15.7 Å². The molecule has 2 rings (SSSR count). The highest BCUT2D eigenvalue weighted by Crippen LogP contribution is 2.30. The summed E-state index contributed by atoms with van der Waals surface area (Å²) in [6.45, 7) is 1.47. The molecule has 1 saturated heterocycles. The van der Waals surface area contributed by atoms with Gasteiger partial charge in [0, 0.05) is 25.2 Å². The molecule has 2 N–H and O–H groups in total. The van der Waals surface area contributed by atoms with E-state index >= 15 is 0 Å². The average Bonchev–Trinajstić information content (AvgIpc) is 2.36. The molecule has 5 heteroatoms. The second-order valence-corrected chi connectivity index (χ2v) is 5.35. The van der Waals surface area contributed by atoms with Gasteiger partial charge in [0.1, 0.15) is 0 Å². The topological polar surface area (TPSA) is 52.3 Å². The molecule has 0 radical (unpaired) electrons. The molecule has 1 heterocycles. The van der Waals surface area contributed by atoms with Crippen LogP contribution < -0.4 is 5.73 Å². The SMILES string of the molecule is Nc1c(Cl)cc(C(=O)CC2CCOCC2)cc1Cl. The lowest BCUT2D eigenvalue weighted by molar-refractivity contribution is 0.0601. The van der Waals surface area contributed by atoms with Crippen LogP contribution in [-0.4, -0.2) is 19.0 Å². The van der Waals surface area contributed by atoms with Crippen molar-refractivity contribution in [2.45, 2.75) is 19.3 Å². The van der Waals surface area contributed by atoms with Gasteiger partial charge in [-0.2, -0.15) is 0 Å². The summed E-state index contributed by atoms with van der Waals surface area (Å²) in [7, 11) is 0. The van der Waals surface area contributed by atoms with Gasteiger partial charge in [0.2, 0.25) is 0 Å². The van der Waals surface area contributed by atoms with Gasteiger partial charge in [0.25, 0.3) is 0 Å². The summed E-state index contributed by atoms with van der Waals surface area (Å²) in [5, 5.41) is 0.663. The number of Topliss-reactive ketones (excluding diaryl/α,β-unsaturated/α-hetero) is 1. The lowest BCUT2D eigenvalue weighted by atomic mass is 9.92. The Hall–Kier alpha value is -0.770. The molecule has 0 spiro atoms. The molecule has 0 atom stereocenters. The largest absolute Gasteiger partial charge is 0.396 e. The molecule has 3 nitrogen and oxygen atoms in total. The van der Waals surface area contributed by atoms with Crippen LogP contribution in [0.25, 0.3) is 0 Å². The fourth-order valence-corrected chi connectivity index (χ4v) is 2.56. The predicted molar refractivity (Wildman–Crippen MR) is 73.4 cm³/mol. The number of anilines is 1. The molecule has 0 bridgehead atoms. The third-order valence-electron chi connectivity index (χ3n) is 3.22. The molecule has 0 aliphatic carbocycles. The van der Waals surface area contributed by atoms with Gasteiger partial charge in [-0.25, -0.2) is 0 Å². The molecular formula is C13H15Cl2NO2. The van der Waals surface area contributed by atoms with Gasteiger partial charge in [-0.05, 0) is 30.9 Å². The standard InChI is InChI=1S/C13H15Cl2NO2/c14-10-6-9(7-11(15)13(10)16)12(17)5-8-1-3-18-4-2-8/h6-8H,1-5,16H2. The molecule has 0 unspecified atom stereocenters. The highest BCUT2D eigenvalue weighted by molar-refractivity contribution is 6.39. The lowest BCUT2D eigenvalue weighted by Crippen LogP contribution is -2.18. The van der Waals surface area contributed by atoms with E-state index in [4.69, 9.17) is 33.7 Å². The smallest absolute Gasteiger partial charge is 0.163 e. The van der Waals surface area contributed by atoms with Gasteiger partial charge < -0.3 is 10.5 Å².